The quantitative estimate of drug-likeness (QED) is 0.218. The molecule has 0 radical (unpaired) electrons. The second-order valence-electron chi connectivity index (χ2n) is 11.3. The summed E-state index contributed by atoms with van der Waals surface area (Å²) in [5, 5.41) is 21.6. The lowest BCUT2D eigenvalue weighted by atomic mass is 9.70. The van der Waals surface area contributed by atoms with E-state index in [0.717, 1.165) is 0 Å². The number of epoxide rings is 1. The minimum atomic E-state index is -0.993. The summed E-state index contributed by atoms with van der Waals surface area (Å²) in [5.74, 6) is -1.26. The molecule has 0 saturated carbocycles. The molecular formula is C27H48O7. The first-order valence-corrected chi connectivity index (χ1v) is 12.4. The highest BCUT2D eigenvalue weighted by molar-refractivity contribution is 5.86. The fourth-order valence-electron chi connectivity index (χ4n) is 5.66. The van der Waals surface area contributed by atoms with Gasteiger partial charge in [-0.1, -0.05) is 53.2 Å². The number of methoxy groups -OCH3 is 2. The number of carbonyl (C=O) groups is 2. The molecule has 0 aromatic heterocycles. The average molecular weight is 485 g/mol. The minimum Gasteiger partial charge on any atom is -0.469 e. The molecular weight excluding hydrogens is 436 g/mol. The second-order valence-corrected chi connectivity index (χ2v) is 11.3. The van der Waals surface area contributed by atoms with E-state index in [2.05, 4.69) is 17.7 Å². The van der Waals surface area contributed by atoms with Crippen LogP contribution in [0.2, 0.25) is 0 Å². The van der Waals surface area contributed by atoms with Crippen LogP contribution in [0, 0.1) is 29.1 Å². The molecule has 0 aliphatic carbocycles. The Labute approximate surface area is 206 Å². The van der Waals surface area contributed by atoms with Crippen LogP contribution < -0.4 is 0 Å². The number of aliphatic hydroxyl groups is 2. The largest absolute Gasteiger partial charge is 0.469 e. The summed E-state index contributed by atoms with van der Waals surface area (Å²) in [6.07, 6.45) is 0.170. The van der Waals surface area contributed by atoms with Gasteiger partial charge in [0.1, 0.15) is 11.4 Å². The fraction of sp³-hybridized carbons (Fsp3) is 0.852. The molecule has 9 atom stereocenters. The molecule has 0 aromatic carbocycles. The number of allylic oxidation sites excluding steroid dienone is 1. The van der Waals surface area contributed by atoms with Crippen molar-refractivity contribution >= 4 is 11.8 Å². The van der Waals surface area contributed by atoms with Gasteiger partial charge < -0.3 is 24.4 Å². The Bertz CT molecular complexity index is 726. The molecule has 1 aliphatic heterocycles. The number of hydrogen-bond donors (Lipinski definition) is 2. The lowest BCUT2D eigenvalue weighted by Crippen LogP contribution is -2.48. The van der Waals surface area contributed by atoms with Gasteiger partial charge in [0.2, 0.25) is 0 Å². The zero-order valence-corrected chi connectivity index (χ0v) is 23.0. The highest BCUT2D eigenvalue weighted by atomic mass is 16.6. The van der Waals surface area contributed by atoms with Gasteiger partial charge in [-0.15, -0.1) is 0 Å². The van der Waals surface area contributed by atoms with E-state index >= 15 is 0 Å². The lowest BCUT2D eigenvalue weighted by molar-refractivity contribution is -0.149. The highest BCUT2D eigenvalue weighted by Crippen LogP contribution is 2.47. The average Bonchev–Trinajstić information content (AvgIpc) is 3.44. The lowest BCUT2D eigenvalue weighted by Gasteiger charge is -2.39. The Hall–Kier alpha value is -1.28. The zero-order chi connectivity index (χ0) is 26.6. The molecule has 1 heterocycles. The molecule has 0 amide bonds. The van der Waals surface area contributed by atoms with Crippen LogP contribution in [0.5, 0.6) is 0 Å². The normalized spacial score (nSPS) is 26.4. The number of hydrogen-bond acceptors (Lipinski definition) is 7. The van der Waals surface area contributed by atoms with Crippen molar-refractivity contribution in [3.05, 3.63) is 11.6 Å². The fourth-order valence-corrected chi connectivity index (χ4v) is 5.66. The predicted molar refractivity (Wildman–Crippen MR) is 132 cm³/mol. The van der Waals surface area contributed by atoms with Crippen LogP contribution in [0.1, 0.15) is 75.2 Å². The van der Waals surface area contributed by atoms with Gasteiger partial charge in [0.15, 0.2) is 0 Å². The van der Waals surface area contributed by atoms with Crippen LogP contribution >= 0.6 is 0 Å². The third kappa shape index (κ3) is 7.12. The van der Waals surface area contributed by atoms with Gasteiger partial charge in [-0.3, -0.25) is 9.59 Å². The topological polar surface area (TPSA) is 106 Å². The van der Waals surface area contributed by atoms with E-state index in [0.29, 0.717) is 6.42 Å². The summed E-state index contributed by atoms with van der Waals surface area (Å²) < 4.78 is 16.3. The van der Waals surface area contributed by atoms with Crippen molar-refractivity contribution in [1.82, 2.24) is 0 Å². The molecule has 198 valence electrons. The summed E-state index contributed by atoms with van der Waals surface area (Å²) in [6, 6.07) is 0. The first-order chi connectivity index (χ1) is 15.5. The van der Waals surface area contributed by atoms with Crippen molar-refractivity contribution in [2.75, 3.05) is 14.2 Å². The zero-order valence-electron chi connectivity index (χ0n) is 23.0. The first-order valence-electron chi connectivity index (χ1n) is 12.4. The molecule has 2 N–H and O–H groups in total. The van der Waals surface area contributed by atoms with Crippen LogP contribution in [0.3, 0.4) is 0 Å². The van der Waals surface area contributed by atoms with E-state index in [1.54, 1.807) is 6.92 Å². The van der Waals surface area contributed by atoms with E-state index in [1.165, 1.54) is 19.8 Å². The summed E-state index contributed by atoms with van der Waals surface area (Å²) in [5.41, 5.74) is -0.312. The van der Waals surface area contributed by atoms with Gasteiger partial charge in [-0.25, -0.2) is 0 Å². The van der Waals surface area contributed by atoms with E-state index in [1.807, 2.05) is 48.5 Å². The Morgan fingerprint density at radius 3 is 2.15 bits per heavy atom. The predicted octanol–water partition coefficient (Wildman–Crippen LogP) is 3.94. The number of ketones is 1. The number of esters is 1. The second kappa shape index (κ2) is 12.1. The molecule has 7 heteroatoms. The van der Waals surface area contributed by atoms with Gasteiger partial charge in [-0.05, 0) is 33.1 Å². The molecule has 1 aliphatic rings. The summed E-state index contributed by atoms with van der Waals surface area (Å²) >= 11 is 0. The van der Waals surface area contributed by atoms with Gasteiger partial charge in [0.05, 0.1) is 43.4 Å². The maximum Gasteiger partial charge on any atom is 0.308 e. The molecule has 0 unspecified atom stereocenters. The molecule has 0 bridgehead atoms. The van der Waals surface area contributed by atoms with Crippen molar-refractivity contribution in [3.8, 4) is 0 Å². The van der Waals surface area contributed by atoms with Gasteiger partial charge in [0.25, 0.3) is 0 Å². The highest BCUT2D eigenvalue weighted by Gasteiger charge is 2.60. The number of carbonyl (C=O) groups excluding carboxylic acids is 2. The molecule has 1 saturated heterocycles. The van der Waals surface area contributed by atoms with Gasteiger partial charge in [0, 0.05) is 24.9 Å². The van der Waals surface area contributed by atoms with Crippen molar-refractivity contribution in [2.24, 2.45) is 29.1 Å². The third-order valence-corrected chi connectivity index (χ3v) is 7.55. The van der Waals surface area contributed by atoms with Crippen LogP contribution in [-0.4, -0.2) is 66.2 Å². The smallest absolute Gasteiger partial charge is 0.308 e. The van der Waals surface area contributed by atoms with Gasteiger partial charge in [-0.2, -0.15) is 0 Å². The molecule has 34 heavy (non-hydrogen) atoms. The Morgan fingerprint density at radius 1 is 1.12 bits per heavy atom. The number of ether oxygens (including phenoxy) is 3. The summed E-state index contributed by atoms with van der Waals surface area (Å²) in [6.45, 7) is 17.3. The van der Waals surface area contributed by atoms with Crippen molar-refractivity contribution in [2.45, 2.75) is 105 Å². The van der Waals surface area contributed by atoms with Crippen molar-refractivity contribution < 1.29 is 34.0 Å². The molecule has 0 aromatic rings. The number of aliphatic hydroxyl groups excluding tert-OH is 2. The Balaban J connectivity index is 2.86. The van der Waals surface area contributed by atoms with E-state index in [4.69, 9.17) is 9.47 Å². The maximum absolute atomic E-state index is 13.5. The van der Waals surface area contributed by atoms with Crippen LogP contribution in [-0.2, 0) is 23.8 Å². The van der Waals surface area contributed by atoms with Crippen LogP contribution in [0.25, 0.3) is 0 Å². The SMILES string of the molecule is COC(=O)C[C@H](O)[C@@H](C)[C@H](OC)C(C)(C)C(=O)[C@H](C)C[C@H](C)[C@H](O)[C@]1(C)O[C@H]1[C@@H](C)C=C(C)C. The van der Waals surface area contributed by atoms with Crippen LogP contribution in [0.15, 0.2) is 11.6 Å². The van der Waals surface area contributed by atoms with Gasteiger partial charge >= 0.3 is 5.97 Å². The standard InChI is InChI=1S/C27H48O7/c1-15(2)12-18(5)24-27(9,34-24)23(31)17(4)13-16(3)22(30)26(7,8)25(33-11)19(6)20(28)14-21(29)32-10/h12,16-20,23-25,28,31H,13-14H2,1-11H3/t16-,17+,18+,19-,20+,23+,24+,25+,27+/m1/s1. The number of rotatable bonds is 14. The maximum atomic E-state index is 13.5. The molecule has 1 rings (SSSR count). The summed E-state index contributed by atoms with van der Waals surface area (Å²) in [7, 11) is 2.78. The number of Topliss-reactive ketones (excluding diaryl/α,β-unsaturated/α-hetero) is 1. The third-order valence-electron chi connectivity index (χ3n) is 7.55. The Morgan fingerprint density at radius 2 is 1.68 bits per heavy atom. The van der Waals surface area contributed by atoms with E-state index in [-0.39, 0.29) is 36.1 Å². The van der Waals surface area contributed by atoms with E-state index in [9.17, 15) is 19.8 Å². The Kier molecular flexibility index (Phi) is 11.0. The van der Waals surface area contributed by atoms with Crippen molar-refractivity contribution in [1.29, 1.82) is 0 Å². The van der Waals surface area contributed by atoms with E-state index < -0.39 is 41.2 Å². The first kappa shape index (κ1) is 30.8. The molecule has 7 nitrogen and oxygen atoms in total. The van der Waals surface area contributed by atoms with Crippen LogP contribution in [0.4, 0.5) is 0 Å². The molecule has 1 fully saturated rings. The minimum absolute atomic E-state index is 0.00755. The monoisotopic (exact) mass is 484 g/mol. The molecule has 0 spiro atoms. The summed E-state index contributed by atoms with van der Waals surface area (Å²) in [4.78, 5) is 25.1. The van der Waals surface area contributed by atoms with Crippen molar-refractivity contribution in [3.63, 3.8) is 0 Å².